The quantitative estimate of drug-likeness (QED) is 0.702. The van der Waals surface area contributed by atoms with E-state index in [2.05, 4.69) is 50.0 Å². The highest BCUT2D eigenvalue weighted by molar-refractivity contribution is 5.21. The van der Waals surface area contributed by atoms with E-state index >= 15 is 0 Å². The van der Waals surface area contributed by atoms with E-state index in [-0.39, 0.29) is 0 Å². The summed E-state index contributed by atoms with van der Waals surface area (Å²) in [4.78, 5) is 0. The van der Waals surface area contributed by atoms with E-state index < -0.39 is 0 Å². The van der Waals surface area contributed by atoms with Crippen LogP contribution in [0.4, 0.5) is 0 Å². The first-order valence-corrected chi connectivity index (χ1v) is 6.55. The fourth-order valence-corrected chi connectivity index (χ4v) is 1.94. The van der Waals surface area contributed by atoms with Crippen LogP contribution in [0.5, 0.6) is 0 Å². The van der Waals surface area contributed by atoms with Gasteiger partial charge >= 0.3 is 0 Å². The first kappa shape index (κ1) is 14.0. The third-order valence-corrected chi connectivity index (χ3v) is 3.35. The minimum absolute atomic E-state index is 0.559. The van der Waals surface area contributed by atoms with Crippen LogP contribution in [0.25, 0.3) is 0 Å². The van der Waals surface area contributed by atoms with Gasteiger partial charge in [-0.1, -0.05) is 48.9 Å². The highest BCUT2D eigenvalue weighted by Gasteiger charge is 2.07. The van der Waals surface area contributed by atoms with Crippen LogP contribution in [0.3, 0.4) is 0 Å². The van der Waals surface area contributed by atoms with Gasteiger partial charge in [0.1, 0.15) is 0 Å². The molecule has 94 valence electrons. The molecule has 0 spiro atoms. The number of nitrogens with one attached hydrogen (secondary N) is 1. The Labute approximate surface area is 106 Å². The number of hydrogen-bond acceptors (Lipinski definition) is 1. The van der Waals surface area contributed by atoms with Crippen molar-refractivity contribution in [2.24, 2.45) is 0 Å². The van der Waals surface area contributed by atoms with E-state index in [0.717, 1.165) is 19.3 Å². The molecule has 0 aromatic heterocycles. The molecule has 0 heterocycles. The summed E-state index contributed by atoms with van der Waals surface area (Å²) in [5, 5.41) is 3.39. The topological polar surface area (TPSA) is 12.0 Å². The summed E-state index contributed by atoms with van der Waals surface area (Å²) in [7, 11) is 2.04. The Bertz CT molecular complexity index is 337. The highest BCUT2D eigenvalue weighted by Crippen LogP contribution is 2.13. The van der Waals surface area contributed by atoms with E-state index in [1.54, 1.807) is 0 Å². The van der Waals surface area contributed by atoms with Gasteiger partial charge in [-0.05, 0) is 45.2 Å². The molecule has 1 aromatic carbocycles. The number of rotatable bonds is 7. The molecular formula is C16H25N. The molecule has 1 aromatic rings. The third kappa shape index (κ3) is 5.18. The predicted octanol–water partition coefficient (Wildman–Crippen LogP) is 3.87. The molecule has 0 bridgehead atoms. The third-order valence-electron chi connectivity index (χ3n) is 3.35. The second kappa shape index (κ2) is 7.29. The second-order valence-electron chi connectivity index (χ2n) is 4.82. The maximum atomic E-state index is 4.09. The molecule has 1 N–H and O–H groups in total. The summed E-state index contributed by atoms with van der Waals surface area (Å²) < 4.78 is 0. The van der Waals surface area contributed by atoms with Gasteiger partial charge in [0.15, 0.2) is 0 Å². The minimum atomic E-state index is 0.559. The smallest absolute Gasteiger partial charge is 0.0104 e. The standard InChI is InChI=1S/C16H25N/c1-5-13(2)12-16(17-4)11-10-15-8-6-14(3)7-9-15/h6-9,16-17H,2,5,10-12H2,1,3-4H3. The molecule has 0 saturated heterocycles. The molecule has 0 saturated carbocycles. The SMILES string of the molecule is C=C(CC)CC(CCc1ccc(C)cc1)NC. The highest BCUT2D eigenvalue weighted by atomic mass is 14.9. The molecule has 0 amide bonds. The zero-order valence-electron chi connectivity index (χ0n) is 11.4. The maximum absolute atomic E-state index is 4.09. The van der Waals surface area contributed by atoms with Crippen LogP contribution in [-0.4, -0.2) is 13.1 Å². The zero-order chi connectivity index (χ0) is 12.7. The van der Waals surface area contributed by atoms with Crippen LogP contribution < -0.4 is 5.32 Å². The Morgan fingerprint density at radius 3 is 2.47 bits per heavy atom. The largest absolute Gasteiger partial charge is 0.317 e. The average Bonchev–Trinajstić information content (AvgIpc) is 2.36. The van der Waals surface area contributed by atoms with Crippen molar-refractivity contribution in [3.8, 4) is 0 Å². The van der Waals surface area contributed by atoms with Gasteiger partial charge in [0, 0.05) is 6.04 Å². The van der Waals surface area contributed by atoms with Crippen molar-refractivity contribution in [2.75, 3.05) is 7.05 Å². The van der Waals surface area contributed by atoms with Crippen LogP contribution in [0, 0.1) is 6.92 Å². The van der Waals surface area contributed by atoms with Crippen LogP contribution in [0.1, 0.15) is 37.3 Å². The number of aryl methyl sites for hydroxylation is 2. The van der Waals surface area contributed by atoms with Crippen molar-refractivity contribution in [2.45, 2.75) is 45.6 Å². The van der Waals surface area contributed by atoms with E-state index in [4.69, 9.17) is 0 Å². The molecular weight excluding hydrogens is 206 g/mol. The maximum Gasteiger partial charge on any atom is 0.0104 e. The number of hydrogen-bond donors (Lipinski definition) is 1. The molecule has 0 aliphatic rings. The summed E-state index contributed by atoms with van der Waals surface area (Å²) in [6.07, 6.45) is 4.50. The predicted molar refractivity (Wildman–Crippen MR) is 76.4 cm³/mol. The van der Waals surface area contributed by atoms with Crippen molar-refractivity contribution in [3.63, 3.8) is 0 Å². The lowest BCUT2D eigenvalue weighted by Gasteiger charge is -2.17. The minimum Gasteiger partial charge on any atom is -0.317 e. The molecule has 0 aliphatic carbocycles. The monoisotopic (exact) mass is 231 g/mol. The lowest BCUT2D eigenvalue weighted by Crippen LogP contribution is -2.26. The van der Waals surface area contributed by atoms with Gasteiger partial charge in [-0.3, -0.25) is 0 Å². The summed E-state index contributed by atoms with van der Waals surface area (Å²) in [6, 6.07) is 9.40. The summed E-state index contributed by atoms with van der Waals surface area (Å²) >= 11 is 0. The van der Waals surface area contributed by atoms with Gasteiger partial charge in [-0.2, -0.15) is 0 Å². The summed E-state index contributed by atoms with van der Waals surface area (Å²) in [6.45, 7) is 8.39. The average molecular weight is 231 g/mol. The van der Waals surface area contributed by atoms with E-state index in [1.807, 2.05) is 7.05 Å². The van der Waals surface area contributed by atoms with Crippen LogP contribution in [-0.2, 0) is 6.42 Å². The molecule has 0 fully saturated rings. The molecule has 17 heavy (non-hydrogen) atoms. The Morgan fingerprint density at radius 2 is 1.94 bits per heavy atom. The van der Waals surface area contributed by atoms with Crippen molar-refractivity contribution >= 4 is 0 Å². The molecule has 1 nitrogen and oxygen atoms in total. The Morgan fingerprint density at radius 1 is 1.29 bits per heavy atom. The van der Waals surface area contributed by atoms with Gasteiger partial charge in [0.2, 0.25) is 0 Å². The fraction of sp³-hybridized carbons (Fsp3) is 0.500. The molecule has 1 unspecified atom stereocenters. The summed E-state index contributed by atoms with van der Waals surface area (Å²) in [5.41, 5.74) is 4.10. The Hall–Kier alpha value is -1.08. The second-order valence-corrected chi connectivity index (χ2v) is 4.82. The van der Waals surface area contributed by atoms with Crippen LogP contribution in [0.2, 0.25) is 0 Å². The Balaban J connectivity index is 2.42. The normalized spacial score (nSPS) is 12.4. The first-order chi connectivity index (χ1) is 8.15. The molecule has 1 heteroatoms. The lowest BCUT2D eigenvalue weighted by molar-refractivity contribution is 0.514. The Kier molecular flexibility index (Phi) is 5.99. The number of benzene rings is 1. The van der Waals surface area contributed by atoms with E-state index in [0.29, 0.717) is 6.04 Å². The van der Waals surface area contributed by atoms with Crippen LogP contribution >= 0.6 is 0 Å². The molecule has 1 atom stereocenters. The van der Waals surface area contributed by atoms with Crippen molar-refractivity contribution in [1.82, 2.24) is 5.32 Å². The van der Waals surface area contributed by atoms with Gasteiger partial charge < -0.3 is 5.32 Å². The van der Waals surface area contributed by atoms with Crippen molar-refractivity contribution < 1.29 is 0 Å². The first-order valence-electron chi connectivity index (χ1n) is 6.55. The van der Waals surface area contributed by atoms with Crippen molar-refractivity contribution in [3.05, 3.63) is 47.5 Å². The zero-order valence-corrected chi connectivity index (χ0v) is 11.4. The molecule has 0 aliphatic heterocycles. The van der Waals surface area contributed by atoms with Gasteiger partial charge in [-0.25, -0.2) is 0 Å². The van der Waals surface area contributed by atoms with E-state index in [1.165, 1.54) is 23.1 Å². The van der Waals surface area contributed by atoms with Crippen LogP contribution in [0.15, 0.2) is 36.4 Å². The van der Waals surface area contributed by atoms with Crippen molar-refractivity contribution in [1.29, 1.82) is 0 Å². The molecule has 0 radical (unpaired) electrons. The van der Waals surface area contributed by atoms with Gasteiger partial charge in [0.25, 0.3) is 0 Å². The van der Waals surface area contributed by atoms with Gasteiger partial charge in [-0.15, -0.1) is 0 Å². The van der Waals surface area contributed by atoms with Gasteiger partial charge in [0.05, 0.1) is 0 Å². The summed E-state index contributed by atoms with van der Waals surface area (Å²) in [5.74, 6) is 0. The molecule has 1 rings (SSSR count). The lowest BCUT2D eigenvalue weighted by atomic mass is 9.98. The van der Waals surface area contributed by atoms with E-state index in [9.17, 15) is 0 Å². The fourth-order valence-electron chi connectivity index (χ4n) is 1.94.